The summed E-state index contributed by atoms with van der Waals surface area (Å²) in [7, 11) is 2.18. The SMILES string of the molecule is Cc1nc(-c2ccc(N3CCN(C)CC3)cc2)nc(NCCN2CCOCC2)c1C. The van der Waals surface area contributed by atoms with Crippen molar-refractivity contribution in [1.29, 1.82) is 0 Å². The first kappa shape index (κ1) is 21.0. The normalized spacial score (nSPS) is 18.6. The van der Waals surface area contributed by atoms with Crippen LogP contribution in [0.15, 0.2) is 24.3 Å². The van der Waals surface area contributed by atoms with Crippen molar-refractivity contribution in [2.75, 3.05) is 82.8 Å². The lowest BCUT2D eigenvalue weighted by molar-refractivity contribution is 0.0398. The monoisotopic (exact) mass is 410 g/mol. The number of likely N-dealkylation sites (N-methyl/N-ethyl adjacent to an activating group) is 1. The first-order valence-corrected chi connectivity index (χ1v) is 11.0. The molecule has 0 unspecified atom stereocenters. The molecule has 3 heterocycles. The van der Waals surface area contributed by atoms with Crippen LogP contribution in [-0.4, -0.2) is 92.4 Å². The molecule has 30 heavy (non-hydrogen) atoms. The molecule has 7 nitrogen and oxygen atoms in total. The fraction of sp³-hybridized carbons (Fsp3) is 0.565. The fourth-order valence-corrected chi connectivity index (χ4v) is 3.97. The van der Waals surface area contributed by atoms with Gasteiger partial charge in [-0.05, 0) is 45.2 Å². The second-order valence-corrected chi connectivity index (χ2v) is 8.32. The number of aromatic nitrogens is 2. The van der Waals surface area contributed by atoms with Crippen molar-refractivity contribution in [3.8, 4) is 11.4 Å². The summed E-state index contributed by atoms with van der Waals surface area (Å²) in [6.07, 6.45) is 0. The van der Waals surface area contributed by atoms with Gasteiger partial charge in [0.05, 0.1) is 13.2 Å². The molecule has 0 bridgehead atoms. The van der Waals surface area contributed by atoms with Crippen LogP contribution in [0.4, 0.5) is 11.5 Å². The molecule has 7 heteroatoms. The van der Waals surface area contributed by atoms with Crippen LogP contribution < -0.4 is 10.2 Å². The summed E-state index contributed by atoms with van der Waals surface area (Å²) in [5.41, 5.74) is 4.48. The third-order valence-electron chi connectivity index (χ3n) is 6.21. The number of morpholine rings is 1. The molecule has 4 rings (SSSR count). The summed E-state index contributed by atoms with van der Waals surface area (Å²) in [6, 6.07) is 8.69. The summed E-state index contributed by atoms with van der Waals surface area (Å²) < 4.78 is 5.43. The maximum atomic E-state index is 5.43. The fourth-order valence-electron chi connectivity index (χ4n) is 3.97. The number of hydrogen-bond donors (Lipinski definition) is 1. The van der Waals surface area contributed by atoms with Crippen LogP contribution in [0, 0.1) is 13.8 Å². The number of nitrogens with one attached hydrogen (secondary N) is 1. The number of benzene rings is 1. The Kier molecular flexibility index (Phi) is 6.82. The average Bonchev–Trinajstić information content (AvgIpc) is 2.78. The highest BCUT2D eigenvalue weighted by atomic mass is 16.5. The Morgan fingerprint density at radius 1 is 0.933 bits per heavy atom. The molecule has 1 N–H and O–H groups in total. The molecule has 0 atom stereocenters. The number of rotatable bonds is 6. The van der Waals surface area contributed by atoms with Gasteiger partial charge in [-0.3, -0.25) is 4.90 Å². The third-order valence-corrected chi connectivity index (χ3v) is 6.21. The lowest BCUT2D eigenvalue weighted by Gasteiger charge is -2.34. The number of piperazine rings is 1. The zero-order valence-corrected chi connectivity index (χ0v) is 18.5. The minimum absolute atomic E-state index is 0.789. The first-order valence-electron chi connectivity index (χ1n) is 11.0. The molecule has 0 spiro atoms. The Bertz CT molecular complexity index is 826. The number of hydrogen-bond acceptors (Lipinski definition) is 7. The Morgan fingerprint density at radius 2 is 1.63 bits per heavy atom. The van der Waals surface area contributed by atoms with E-state index in [1.54, 1.807) is 0 Å². The van der Waals surface area contributed by atoms with Gasteiger partial charge in [0.2, 0.25) is 0 Å². The second-order valence-electron chi connectivity index (χ2n) is 8.32. The Labute approximate surface area is 180 Å². The number of aryl methyl sites for hydroxylation is 1. The van der Waals surface area contributed by atoms with E-state index in [4.69, 9.17) is 14.7 Å². The standard InChI is InChI=1S/C23H34N6O/c1-18-19(2)25-23(26-22(18)24-8-9-28-14-16-30-17-15-28)20-4-6-21(7-5-20)29-12-10-27(3)11-13-29/h4-7H,8-17H2,1-3H3,(H,24,25,26). The molecule has 1 aromatic heterocycles. The van der Waals surface area contributed by atoms with Crippen molar-refractivity contribution in [2.24, 2.45) is 0 Å². The molecule has 0 saturated carbocycles. The molecule has 2 aromatic rings. The van der Waals surface area contributed by atoms with Crippen LogP contribution in [0.1, 0.15) is 11.3 Å². The van der Waals surface area contributed by atoms with Gasteiger partial charge < -0.3 is 19.9 Å². The van der Waals surface area contributed by atoms with Gasteiger partial charge >= 0.3 is 0 Å². The van der Waals surface area contributed by atoms with Gasteiger partial charge in [0.1, 0.15) is 5.82 Å². The predicted molar refractivity (Wildman–Crippen MR) is 122 cm³/mol. The lowest BCUT2D eigenvalue weighted by Crippen LogP contribution is -2.44. The van der Waals surface area contributed by atoms with Crippen molar-refractivity contribution in [3.63, 3.8) is 0 Å². The molecule has 0 aliphatic carbocycles. The number of anilines is 2. The van der Waals surface area contributed by atoms with Crippen LogP contribution in [0.25, 0.3) is 11.4 Å². The minimum Gasteiger partial charge on any atom is -0.379 e. The van der Waals surface area contributed by atoms with Gasteiger partial charge in [0, 0.05) is 74.9 Å². The van der Waals surface area contributed by atoms with Crippen LogP contribution in [-0.2, 0) is 4.74 Å². The highest BCUT2D eigenvalue weighted by molar-refractivity contribution is 5.63. The van der Waals surface area contributed by atoms with E-state index in [9.17, 15) is 0 Å². The molecule has 2 saturated heterocycles. The van der Waals surface area contributed by atoms with E-state index in [0.29, 0.717) is 0 Å². The van der Waals surface area contributed by atoms with Crippen LogP contribution >= 0.6 is 0 Å². The van der Waals surface area contributed by atoms with E-state index >= 15 is 0 Å². The summed E-state index contributed by atoms with van der Waals surface area (Å²) in [5, 5.41) is 3.53. The van der Waals surface area contributed by atoms with Crippen molar-refractivity contribution >= 4 is 11.5 Å². The van der Waals surface area contributed by atoms with E-state index in [1.807, 2.05) is 0 Å². The van der Waals surface area contributed by atoms with E-state index in [2.05, 4.69) is 65.2 Å². The largest absolute Gasteiger partial charge is 0.379 e. The zero-order valence-electron chi connectivity index (χ0n) is 18.5. The summed E-state index contributed by atoms with van der Waals surface area (Å²) in [4.78, 5) is 16.9. The van der Waals surface area contributed by atoms with Crippen molar-refractivity contribution < 1.29 is 4.74 Å². The van der Waals surface area contributed by atoms with E-state index in [-0.39, 0.29) is 0 Å². The summed E-state index contributed by atoms with van der Waals surface area (Å²) >= 11 is 0. The predicted octanol–water partition coefficient (Wildman–Crippen LogP) is 2.26. The van der Waals surface area contributed by atoms with Gasteiger partial charge in [0.25, 0.3) is 0 Å². The van der Waals surface area contributed by atoms with Crippen molar-refractivity contribution in [1.82, 2.24) is 19.8 Å². The van der Waals surface area contributed by atoms with Gasteiger partial charge in [-0.1, -0.05) is 0 Å². The van der Waals surface area contributed by atoms with Crippen molar-refractivity contribution in [2.45, 2.75) is 13.8 Å². The molecule has 162 valence electrons. The Balaban J connectivity index is 1.43. The summed E-state index contributed by atoms with van der Waals surface area (Å²) in [6.45, 7) is 14.1. The third kappa shape index (κ3) is 5.09. The minimum atomic E-state index is 0.789. The van der Waals surface area contributed by atoms with Crippen LogP contribution in [0.2, 0.25) is 0 Å². The summed E-state index contributed by atoms with van der Waals surface area (Å²) in [5.74, 6) is 1.73. The number of nitrogens with zero attached hydrogens (tertiary/aromatic N) is 5. The highest BCUT2D eigenvalue weighted by Crippen LogP contribution is 2.24. The molecule has 2 aliphatic rings. The van der Waals surface area contributed by atoms with E-state index < -0.39 is 0 Å². The molecule has 2 aliphatic heterocycles. The topological polar surface area (TPSA) is 56.8 Å². The first-order chi connectivity index (χ1) is 14.6. The Hall–Kier alpha value is -2.22. The second kappa shape index (κ2) is 9.73. The van der Waals surface area contributed by atoms with Crippen molar-refractivity contribution in [3.05, 3.63) is 35.5 Å². The highest BCUT2D eigenvalue weighted by Gasteiger charge is 2.15. The number of ether oxygens (including phenoxy) is 1. The van der Waals surface area contributed by atoms with Crippen LogP contribution in [0.5, 0.6) is 0 Å². The smallest absolute Gasteiger partial charge is 0.161 e. The average molecular weight is 411 g/mol. The maximum absolute atomic E-state index is 5.43. The van der Waals surface area contributed by atoms with Gasteiger partial charge in [-0.2, -0.15) is 0 Å². The van der Waals surface area contributed by atoms with Gasteiger partial charge in [-0.15, -0.1) is 0 Å². The van der Waals surface area contributed by atoms with E-state index in [0.717, 1.165) is 94.0 Å². The molecular formula is C23H34N6O. The van der Waals surface area contributed by atoms with Crippen LogP contribution in [0.3, 0.4) is 0 Å². The molecule has 2 fully saturated rings. The quantitative estimate of drug-likeness (QED) is 0.784. The van der Waals surface area contributed by atoms with Gasteiger partial charge in [0.15, 0.2) is 5.82 Å². The molecule has 0 amide bonds. The molecule has 1 aromatic carbocycles. The molecular weight excluding hydrogens is 376 g/mol. The Morgan fingerprint density at radius 3 is 2.33 bits per heavy atom. The van der Waals surface area contributed by atoms with E-state index in [1.165, 1.54) is 5.69 Å². The zero-order chi connectivity index (χ0) is 20.9. The lowest BCUT2D eigenvalue weighted by atomic mass is 10.1. The van der Waals surface area contributed by atoms with Gasteiger partial charge in [-0.25, -0.2) is 9.97 Å². The molecule has 0 radical (unpaired) electrons. The maximum Gasteiger partial charge on any atom is 0.161 e.